The van der Waals surface area contributed by atoms with Crippen molar-refractivity contribution in [2.45, 2.75) is 25.5 Å². The fourth-order valence-corrected chi connectivity index (χ4v) is 1.77. The predicted octanol–water partition coefficient (Wildman–Crippen LogP) is 0.539. The molecule has 82 valence electrons. The lowest BCUT2D eigenvalue weighted by atomic mass is 10.1. The van der Waals surface area contributed by atoms with E-state index in [-0.39, 0.29) is 0 Å². The summed E-state index contributed by atoms with van der Waals surface area (Å²) in [6, 6.07) is 0. The Morgan fingerprint density at radius 2 is 2.07 bits per heavy atom. The average molecular weight is 221 g/mol. The quantitative estimate of drug-likeness (QED) is 0.688. The van der Waals surface area contributed by atoms with Gasteiger partial charge in [0.2, 0.25) is 0 Å². The van der Waals surface area contributed by atoms with Gasteiger partial charge in [0.25, 0.3) is 5.91 Å². The molecule has 0 radical (unpaired) electrons. The second kappa shape index (κ2) is 6.22. The zero-order chi connectivity index (χ0) is 10.4. The Morgan fingerprint density at radius 3 is 2.57 bits per heavy atom. The van der Waals surface area contributed by atoms with Gasteiger partial charge in [-0.1, -0.05) is 6.42 Å². The Hall–Kier alpha value is -0.320. The summed E-state index contributed by atoms with van der Waals surface area (Å²) in [6.07, 6.45) is 2.84. The molecule has 0 bridgehead atoms. The Balaban J connectivity index is 2.43. The second-order valence-corrected chi connectivity index (χ2v) is 3.79. The van der Waals surface area contributed by atoms with Crippen molar-refractivity contribution in [3.63, 3.8) is 0 Å². The smallest absolute Gasteiger partial charge is 0.261 e. The summed E-state index contributed by atoms with van der Waals surface area (Å²) < 4.78 is 5.31. The van der Waals surface area contributed by atoms with Crippen molar-refractivity contribution in [2.24, 2.45) is 5.73 Å². The summed E-state index contributed by atoms with van der Waals surface area (Å²) in [4.78, 5) is 13.1. The molecule has 1 heterocycles. The van der Waals surface area contributed by atoms with Gasteiger partial charge in [-0.15, -0.1) is 11.6 Å². The van der Waals surface area contributed by atoms with Gasteiger partial charge in [-0.05, 0) is 12.8 Å². The first-order valence-corrected chi connectivity index (χ1v) is 5.50. The number of hydrogen-bond acceptors (Lipinski definition) is 3. The Morgan fingerprint density at radius 1 is 1.43 bits per heavy atom. The zero-order valence-corrected chi connectivity index (χ0v) is 9.00. The van der Waals surface area contributed by atoms with E-state index in [1.807, 2.05) is 4.90 Å². The molecule has 0 aromatic rings. The number of primary amides is 1. The van der Waals surface area contributed by atoms with Gasteiger partial charge in [0.1, 0.15) is 0 Å². The minimum Gasteiger partial charge on any atom is -0.366 e. The number of likely N-dealkylation sites (tertiary alicyclic amines) is 1. The van der Waals surface area contributed by atoms with E-state index < -0.39 is 12.1 Å². The molecular formula is C9H17ClN2O2. The van der Waals surface area contributed by atoms with Crippen molar-refractivity contribution in [3.05, 3.63) is 0 Å². The summed E-state index contributed by atoms with van der Waals surface area (Å²) >= 11 is 5.49. The number of piperidine rings is 1. The van der Waals surface area contributed by atoms with Gasteiger partial charge in [0.05, 0.1) is 6.61 Å². The summed E-state index contributed by atoms with van der Waals surface area (Å²) in [5, 5.41) is 0. The van der Waals surface area contributed by atoms with Gasteiger partial charge >= 0.3 is 0 Å². The van der Waals surface area contributed by atoms with Crippen LogP contribution in [0.3, 0.4) is 0 Å². The van der Waals surface area contributed by atoms with Crippen LogP contribution in [0.5, 0.6) is 0 Å². The molecule has 1 atom stereocenters. The molecule has 1 rings (SSSR count). The number of nitrogens with two attached hydrogens (primary N) is 1. The van der Waals surface area contributed by atoms with E-state index in [1.54, 1.807) is 0 Å². The molecule has 0 aliphatic carbocycles. The van der Waals surface area contributed by atoms with Crippen LogP contribution in [-0.2, 0) is 9.53 Å². The molecule has 0 spiro atoms. The van der Waals surface area contributed by atoms with Gasteiger partial charge in [-0.25, -0.2) is 0 Å². The van der Waals surface area contributed by atoms with E-state index in [1.165, 1.54) is 6.42 Å². The minimum atomic E-state index is -0.589. The fourth-order valence-electron chi connectivity index (χ4n) is 1.68. The van der Waals surface area contributed by atoms with E-state index in [4.69, 9.17) is 22.1 Å². The topological polar surface area (TPSA) is 55.6 Å². The van der Waals surface area contributed by atoms with Crippen LogP contribution >= 0.6 is 11.6 Å². The molecule has 0 aromatic heterocycles. The van der Waals surface area contributed by atoms with Crippen molar-refractivity contribution in [2.75, 3.05) is 25.6 Å². The van der Waals surface area contributed by atoms with Gasteiger partial charge < -0.3 is 10.5 Å². The largest absolute Gasteiger partial charge is 0.366 e. The van der Waals surface area contributed by atoms with Crippen molar-refractivity contribution in [1.82, 2.24) is 4.90 Å². The predicted molar refractivity (Wildman–Crippen MR) is 55.1 cm³/mol. The Labute approximate surface area is 89.3 Å². The number of amides is 1. The molecule has 2 N–H and O–H groups in total. The van der Waals surface area contributed by atoms with Crippen LogP contribution in [0.2, 0.25) is 0 Å². The van der Waals surface area contributed by atoms with Gasteiger partial charge in [-0.3, -0.25) is 9.69 Å². The van der Waals surface area contributed by atoms with E-state index in [0.717, 1.165) is 25.9 Å². The molecular weight excluding hydrogens is 204 g/mol. The van der Waals surface area contributed by atoms with E-state index in [2.05, 4.69) is 0 Å². The average Bonchev–Trinajstić information content (AvgIpc) is 2.19. The summed E-state index contributed by atoms with van der Waals surface area (Å²) in [5.74, 6) is -0.0329. The number of carbonyl (C=O) groups is 1. The molecule has 1 amide bonds. The monoisotopic (exact) mass is 220 g/mol. The van der Waals surface area contributed by atoms with E-state index >= 15 is 0 Å². The van der Waals surface area contributed by atoms with Crippen LogP contribution in [0, 0.1) is 0 Å². The number of ether oxygens (including phenoxy) is 1. The Kier molecular flexibility index (Phi) is 5.22. The lowest BCUT2D eigenvalue weighted by Crippen LogP contribution is -2.48. The van der Waals surface area contributed by atoms with Gasteiger partial charge in [-0.2, -0.15) is 0 Å². The van der Waals surface area contributed by atoms with Crippen molar-refractivity contribution < 1.29 is 9.53 Å². The highest BCUT2D eigenvalue weighted by molar-refractivity contribution is 6.17. The molecule has 1 saturated heterocycles. The minimum absolute atomic E-state index is 0.367. The first-order chi connectivity index (χ1) is 6.75. The lowest BCUT2D eigenvalue weighted by Gasteiger charge is -2.32. The lowest BCUT2D eigenvalue weighted by molar-refractivity contribution is -0.143. The number of nitrogens with zero attached hydrogens (tertiary/aromatic N) is 1. The molecule has 1 unspecified atom stereocenters. The number of halogens is 1. The molecule has 0 saturated carbocycles. The third kappa shape index (κ3) is 3.44. The highest BCUT2D eigenvalue weighted by Crippen LogP contribution is 2.12. The van der Waals surface area contributed by atoms with Crippen LogP contribution in [0.15, 0.2) is 0 Å². The fraction of sp³-hybridized carbons (Fsp3) is 0.889. The maximum atomic E-state index is 11.1. The van der Waals surface area contributed by atoms with Crippen LogP contribution in [0.4, 0.5) is 0 Å². The van der Waals surface area contributed by atoms with Crippen LogP contribution in [-0.4, -0.2) is 42.6 Å². The molecule has 1 aliphatic heterocycles. The Bertz CT molecular complexity index is 184. The van der Waals surface area contributed by atoms with Crippen molar-refractivity contribution >= 4 is 17.5 Å². The number of rotatable bonds is 5. The molecule has 14 heavy (non-hydrogen) atoms. The van der Waals surface area contributed by atoms with Crippen LogP contribution in [0.1, 0.15) is 19.3 Å². The maximum Gasteiger partial charge on any atom is 0.261 e. The summed E-state index contributed by atoms with van der Waals surface area (Å²) in [5.41, 5.74) is 5.26. The second-order valence-electron chi connectivity index (χ2n) is 3.41. The highest BCUT2D eigenvalue weighted by atomic mass is 35.5. The number of alkyl halides is 1. The number of carbonyl (C=O) groups excluding carboxylic acids is 1. The third-order valence-electron chi connectivity index (χ3n) is 2.32. The standard InChI is InChI=1S/C9H17ClN2O2/c10-4-7-14-9(8(11)13)12-5-2-1-3-6-12/h9H,1-7H2,(H2,11,13). The highest BCUT2D eigenvalue weighted by Gasteiger charge is 2.25. The first-order valence-electron chi connectivity index (χ1n) is 4.96. The molecule has 5 heteroatoms. The first kappa shape index (κ1) is 11.8. The van der Waals surface area contributed by atoms with Crippen molar-refractivity contribution in [1.29, 1.82) is 0 Å². The molecule has 0 aromatic carbocycles. The molecule has 1 fully saturated rings. The summed E-state index contributed by atoms with van der Waals surface area (Å²) in [7, 11) is 0. The van der Waals surface area contributed by atoms with Gasteiger partial charge in [0.15, 0.2) is 6.23 Å². The normalized spacial score (nSPS) is 20.6. The summed E-state index contributed by atoms with van der Waals surface area (Å²) in [6.45, 7) is 2.14. The molecule has 4 nitrogen and oxygen atoms in total. The van der Waals surface area contributed by atoms with Crippen molar-refractivity contribution in [3.8, 4) is 0 Å². The van der Waals surface area contributed by atoms with E-state index in [0.29, 0.717) is 12.5 Å². The van der Waals surface area contributed by atoms with Crippen LogP contribution in [0.25, 0.3) is 0 Å². The third-order valence-corrected chi connectivity index (χ3v) is 2.47. The SMILES string of the molecule is NC(=O)C(OCCCl)N1CCCCC1. The maximum absolute atomic E-state index is 11.1. The zero-order valence-electron chi connectivity index (χ0n) is 8.25. The van der Waals surface area contributed by atoms with Crippen LogP contribution < -0.4 is 5.73 Å². The van der Waals surface area contributed by atoms with E-state index in [9.17, 15) is 4.79 Å². The van der Waals surface area contributed by atoms with Gasteiger partial charge in [0, 0.05) is 19.0 Å². The molecule has 1 aliphatic rings. The number of hydrogen-bond donors (Lipinski definition) is 1.